The zero-order valence-corrected chi connectivity index (χ0v) is 53.7. The smallest absolute Gasteiger partial charge is 0.456 e. The lowest BCUT2D eigenvalue weighted by Gasteiger charge is -2.27. The van der Waals surface area contributed by atoms with Crippen LogP contribution in [0.5, 0.6) is 0 Å². The number of unbranched alkanes of at least 4 members (excludes halogenated alkanes) is 29. The van der Waals surface area contributed by atoms with Crippen molar-refractivity contribution in [3.8, 4) is 0 Å². The molecule has 0 saturated carbocycles. The molecule has 0 bridgehead atoms. The molecule has 80 heavy (non-hydrogen) atoms. The summed E-state index contributed by atoms with van der Waals surface area (Å²) in [5.41, 5.74) is 0. The molecule has 0 aliphatic carbocycles. The average Bonchev–Trinajstić information content (AvgIpc) is 3.42. The quantitative estimate of drug-likeness (QED) is 0.0205. The predicted molar refractivity (Wildman–Crippen MR) is 346 cm³/mol. The van der Waals surface area contributed by atoms with Crippen LogP contribution in [-0.2, 0) is 27.9 Å². The number of nitrogens with one attached hydrogen (secondary N) is 1. The molecule has 9 nitrogen and oxygen atoms in total. The van der Waals surface area contributed by atoms with Gasteiger partial charge in [-0.15, -0.1) is 0 Å². The lowest BCUT2D eigenvalue weighted by molar-refractivity contribution is -0.870. The van der Waals surface area contributed by atoms with Crippen molar-refractivity contribution in [2.24, 2.45) is 0 Å². The highest BCUT2D eigenvalue weighted by Gasteiger charge is 2.30. The normalized spacial score (nSPS) is 14.2. The second kappa shape index (κ2) is 59.1. The Morgan fingerprint density at radius 2 is 0.800 bits per heavy atom. The number of allylic oxidation sites excluding steroid dienone is 15. The zero-order chi connectivity index (χ0) is 58.6. The maximum atomic E-state index is 13.6. The summed E-state index contributed by atoms with van der Waals surface area (Å²) in [4.78, 5) is 37.8. The maximum absolute atomic E-state index is 13.6. The number of ether oxygens (including phenoxy) is 1. The summed E-state index contributed by atoms with van der Waals surface area (Å²) in [5, 5.41) is 3.04. The summed E-state index contributed by atoms with van der Waals surface area (Å²) in [6.07, 6.45) is 79.8. The number of nitrogens with zero attached hydrogens (tertiary/aromatic N) is 1. The molecule has 0 aromatic carbocycles. The molecular weight excluding hydrogens is 1010 g/mol. The molecule has 0 heterocycles. The van der Waals surface area contributed by atoms with E-state index in [-0.39, 0.29) is 31.5 Å². The number of amides is 1. The minimum atomic E-state index is -4.47. The van der Waals surface area contributed by atoms with E-state index < -0.39 is 20.0 Å². The van der Waals surface area contributed by atoms with Crippen LogP contribution in [0.3, 0.4) is 0 Å². The highest BCUT2D eigenvalue weighted by Crippen LogP contribution is 2.43. The molecule has 2 N–H and O–H groups in total. The Kier molecular flexibility index (Phi) is 56.8. The third-order valence-corrected chi connectivity index (χ3v) is 15.2. The molecule has 462 valence electrons. The Labute approximate surface area is 494 Å². The summed E-state index contributed by atoms with van der Waals surface area (Å²) in [5.74, 6) is -0.543. The number of rotatable bonds is 59. The van der Waals surface area contributed by atoms with Gasteiger partial charge in [-0.1, -0.05) is 260 Å². The van der Waals surface area contributed by atoms with Crippen molar-refractivity contribution < 1.29 is 37.3 Å². The molecule has 0 fully saturated rings. The molecule has 0 aliphatic rings. The Morgan fingerprint density at radius 3 is 1.24 bits per heavy atom. The van der Waals surface area contributed by atoms with E-state index in [1.165, 1.54) is 148 Å². The molecule has 1 amide bonds. The third kappa shape index (κ3) is 59.5. The Balaban J connectivity index is 5.19. The van der Waals surface area contributed by atoms with Gasteiger partial charge in [-0.2, -0.15) is 0 Å². The summed E-state index contributed by atoms with van der Waals surface area (Å²) in [6.45, 7) is 6.85. The standard InChI is InChI=1S/C70H125N2O7P/c1-7-10-13-16-19-22-25-28-30-32-33-34-35-36-37-38-39-40-42-45-48-51-54-57-60-63-70(74)79-68(61-58-55-52-49-46-43-27-24-21-18-15-12-9-3)67(66-78-80(75,76)77-65-64-72(4,5)6)71-69(73)62-59-56-53-50-47-44-41-31-29-26-23-20-17-14-11-8-2/h11,14,19-20,22-23,28-31,33-34,44,47,58,61,67-68H,7-10,12-13,15-18,21,24-27,32,35-43,45-46,48-57,59-60,62-66H2,1-6H3,(H-,71,73,75,76)/p+1/b14-11+,22-19-,23-20+,30-28-,31-29+,34-33-,47-44+,61-58-. The lowest BCUT2D eigenvalue weighted by Crippen LogP contribution is -2.47. The number of hydrogen-bond donors (Lipinski definition) is 2. The first-order valence-electron chi connectivity index (χ1n) is 33.1. The minimum absolute atomic E-state index is 0.0298. The van der Waals surface area contributed by atoms with Gasteiger partial charge in [0, 0.05) is 12.8 Å². The summed E-state index contributed by atoms with van der Waals surface area (Å²) in [7, 11) is 1.47. The molecule has 3 atom stereocenters. The molecule has 0 aromatic heterocycles. The monoisotopic (exact) mass is 1140 g/mol. The summed E-state index contributed by atoms with van der Waals surface area (Å²) >= 11 is 0. The third-order valence-electron chi connectivity index (χ3n) is 14.3. The van der Waals surface area contributed by atoms with Crippen molar-refractivity contribution in [1.29, 1.82) is 0 Å². The van der Waals surface area contributed by atoms with E-state index in [9.17, 15) is 19.0 Å². The van der Waals surface area contributed by atoms with Gasteiger partial charge in [0.1, 0.15) is 19.3 Å². The van der Waals surface area contributed by atoms with Gasteiger partial charge in [-0.25, -0.2) is 4.57 Å². The van der Waals surface area contributed by atoms with Crippen LogP contribution in [0.2, 0.25) is 0 Å². The Morgan fingerprint density at radius 1 is 0.450 bits per heavy atom. The van der Waals surface area contributed by atoms with E-state index in [4.69, 9.17) is 13.8 Å². The van der Waals surface area contributed by atoms with Crippen LogP contribution in [-0.4, -0.2) is 74.3 Å². The number of esters is 1. The molecule has 0 saturated heterocycles. The fourth-order valence-corrected chi connectivity index (χ4v) is 9.91. The van der Waals surface area contributed by atoms with Crippen molar-refractivity contribution in [3.05, 3.63) is 97.2 Å². The highest BCUT2D eigenvalue weighted by atomic mass is 31.2. The fourth-order valence-electron chi connectivity index (χ4n) is 9.17. The van der Waals surface area contributed by atoms with Crippen molar-refractivity contribution >= 4 is 19.7 Å². The fraction of sp³-hybridized carbons (Fsp3) is 0.743. The van der Waals surface area contributed by atoms with E-state index >= 15 is 0 Å². The van der Waals surface area contributed by atoms with Gasteiger partial charge in [0.2, 0.25) is 5.91 Å². The SMILES string of the molecule is CC/C=C/C/C=C/C/C=C/C/C=C/CCCCCC(=O)NC(COP(=O)(O)OCC[N+](C)(C)C)C(/C=C\CCCCCCCCCCCCC)OC(=O)CCCCCCCCCCCCCC/C=C\C/C=C\C/C=C\CCCCC. The van der Waals surface area contributed by atoms with E-state index in [0.717, 1.165) is 96.3 Å². The highest BCUT2D eigenvalue weighted by molar-refractivity contribution is 7.47. The lowest BCUT2D eigenvalue weighted by atomic mass is 10.0. The number of phosphoric ester groups is 1. The van der Waals surface area contributed by atoms with Crippen LogP contribution in [0.1, 0.15) is 284 Å². The van der Waals surface area contributed by atoms with Crippen molar-refractivity contribution in [3.63, 3.8) is 0 Å². The van der Waals surface area contributed by atoms with Gasteiger partial charge < -0.3 is 19.4 Å². The first-order valence-corrected chi connectivity index (χ1v) is 34.6. The van der Waals surface area contributed by atoms with Gasteiger partial charge in [-0.05, 0) is 109 Å². The number of carbonyl (C=O) groups excluding carboxylic acids is 2. The molecule has 10 heteroatoms. The molecule has 0 radical (unpaired) electrons. The first kappa shape index (κ1) is 76.9. The molecule has 0 aliphatic heterocycles. The number of hydrogen-bond acceptors (Lipinski definition) is 6. The predicted octanol–water partition coefficient (Wildman–Crippen LogP) is 20.7. The topological polar surface area (TPSA) is 111 Å². The zero-order valence-electron chi connectivity index (χ0n) is 52.8. The van der Waals surface area contributed by atoms with Crippen molar-refractivity contribution in [2.45, 2.75) is 296 Å². The number of quaternary nitrogens is 1. The van der Waals surface area contributed by atoms with Crippen LogP contribution in [0.15, 0.2) is 97.2 Å². The van der Waals surface area contributed by atoms with Gasteiger partial charge in [0.05, 0.1) is 33.8 Å². The summed E-state index contributed by atoms with van der Waals surface area (Å²) in [6, 6.07) is -0.871. The number of carbonyl (C=O) groups is 2. The van der Waals surface area contributed by atoms with Crippen LogP contribution in [0.25, 0.3) is 0 Å². The summed E-state index contributed by atoms with van der Waals surface area (Å²) < 4.78 is 30.7. The molecular formula is C70H126N2O7P+. The first-order chi connectivity index (χ1) is 38.9. The van der Waals surface area contributed by atoms with Crippen molar-refractivity contribution in [1.82, 2.24) is 5.32 Å². The van der Waals surface area contributed by atoms with Crippen LogP contribution in [0.4, 0.5) is 0 Å². The maximum Gasteiger partial charge on any atom is 0.472 e. The average molecular weight is 1140 g/mol. The van der Waals surface area contributed by atoms with Crippen LogP contribution >= 0.6 is 7.82 Å². The van der Waals surface area contributed by atoms with E-state index in [1.807, 2.05) is 33.3 Å². The van der Waals surface area contributed by atoms with E-state index in [2.05, 4.69) is 111 Å². The minimum Gasteiger partial charge on any atom is -0.456 e. The Bertz CT molecular complexity index is 1690. The molecule has 0 spiro atoms. The van der Waals surface area contributed by atoms with Gasteiger partial charge in [0.15, 0.2) is 0 Å². The second-order valence-electron chi connectivity index (χ2n) is 23.3. The van der Waals surface area contributed by atoms with Crippen LogP contribution in [0, 0.1) is 0 Å². The Hall–Kier alpha value is -3.07. The van der Waals surface area contributed by atoms with Gasteiger partial charge in [0.25, 0.3) is 0 Å². The largest absolute Gasteiger partial charge is 0.472 e. The number of likely N-dealkylation sites (N-methyl/N-ethyl adjacent to an activating group) is 1. The van der Waals surface area contributed by atoms with Gasteiger partial charge in [-0.3, -0.25) is 18.6 Å². The molecule has 3 unspecified atom stereocenters. The van der Waals surface area contributed by atoms with Gasteiger partial charge >= 0.3 is 13.8 Å². The van der Waals surface area contributed by atoms with Crippen molar-refractivity contribution in [2.75, 3.05) is 40.9 Å². The number of phosphoric acid groups is 1. The second-order valence-corrected chi connectivity index (χ2v) is 24.7. The van der Waals surface area contributed by atoms with Crippen LogP contribution < -0.4 is 5.32 Å². The molecule has 0 rings (SSSR count). The molecule has 0 aromatic rings. The van der Waals surface area contributed by atoms with E-state index in [1.54, 1.807) is 0 Å². The van der Waals surface area contributed by atoms with E-state index in [0.29, 0.717) is 23.9 Å².